The summed E-state index contributed by atoms with van der Waals surface area (Å²) in [6, 6.07) is 0.743. The minimum atomic E-state index is 0.743. The van der Waals surface area contributed by atoms with Crippen molar-refractivity contribution >= 4 is 0 Å². The van der Waals surface area contributed by atoms with E-state index in [0.717, 1.165) is 17.9 Å². The molecule has 0 bridgehead atoms. The Kier molecular flexibility index (Phi) is 4.94. The molecule has 0 saturated carbocycles. The lowest BCUT2D eigenvalue weighted by atomic mass is 9.91. The molecule has 1 saturated heterocycles. The van der Waals surface area contributed by atoms with Crippen LogP contribution in [-0.2, 0) is 0 Å². The highest BCUT2D eigenvalue weighted by atomic mass is 15.1. The third kappa shape index (κ3) is 4.00. The summed E-state index contributed by atoms with van der Waals surface area (Å²) in [6.45, 7) is 12.0. The van der Waals surface area contributed by atoms with E-state index in [1.807, 2.05) is 0 Å². The summed E-state index contributed by atoms with van der Waals surface area (Å²) < 4.78 is 0. The molecular formula is C13H27N. The average molecular weight is 197 g/mol. The number of likely N-dealkylation sites (tertiary alicyclic amines) is 1. The van der Waals surface area contributed by atoms with Gasteiger partial charge in [-0.05, 0) is 64.5 Å². The quantitative estimate of drug-likeness (QED) is 0.669. The number of rotatable bonds is 3. The minimum Gasteiger partial charge on any atom is -0.301 e. The van der Waals surface area contributed by atoms with Crippen LogP contribution in [0.4, 0.5) is 0 Å². The third-order valence-electron chi connectivity index (χ3n) is 3.42. The SMILES string of the molecule is CC(C)CC1CCCN(C(C)C)CC1. The van der Waals surface area contributed by atoms with Gasteiger partial charge in [-0.15, -0.1) is 0 Å². The molecule has 1 heteroatoms. The van der Waals surface area contributed by atoms with Gasteiger partial charge in [0.25, 0.3) is 0 Å². The molecule has 1 rings (SSSR count). The van der Waals surface area contributed by atoms with Gasteiger partial charge in [-0.1, -0.05) is 13.8 Å². The fourth-order valence-corrected chi connectivity index (χ4v) is 2.61. The molecule has 1 aliphatic rings. The topological polar surface area (TPSA) is 3.24 Å². The highest BCUT2D eigenvalue weighted by molar-refractivity contribution is 4.72. The lowest BCUT2D eigenvalue weighted by Gasteiger charge is -2.24. The van der Waals surface area contributed by atoms with Gasteiger partial charge in [0.15, 0.2) is 0 Å². The van der Waals surface area contributed by atoms with Crippen LogP contribution in [0.3, 0.4) is 0 Å². The first kappa shape index (κ1) is 12.0. The summed E-state index contributed by atoms with van der Waals surface area (Å²) in [5.41, 5.74) is 0. The molecule has 0 aliphatic carbocycles. The smallest absolute Gasteiger partial charge is 0.00385 e. The Balaban J connectivity index is 2.33. The van der Waals surface area contributed by atoms with E-state index >= 15 is 0 Å². The summed E-state index contributed by atoms with van der Waals surface area (Å²) in [5.74, 6) is 1.88. The normalized spacial score (nSPS) is 25.7. The van der Waals surface area contributed by atoms with E-state index in [0.29, 0.717) is 0 Å². The minimum absolute atomic E-state index is 0.743. The third-order valence-corrected chi connectivity index (χ3v) is 3.42. The molecule has 0 spiro atoms. The van der Waals surface area contributed by atoms with Gasteiger partial charge in [0.1, 0.15) is 0 Å². The van der Waals surface area contributed by atoms with E-state index < -0.39 is 0 Å². The summed E-state index contributed by atoms with van der Waals surface area (Å²) in [4.78, 5) is 2.64. The van der Waals surface area contributed by atoms with E-state index in [1.54, 1.807) is 0 Å². The highest BCUT2D eigenvalue weighted by Crippen LogP contribution is 2.24. The predicted molar refractivity (Wildman–Crippen MR) is 63.5 cm³/mol. The molecule has 0 N–H and O–H groups in total. The van der Waals surface area contributed by atoms with Crippen LogP contribution >= 0.6 is 0 Å². The van der Waals surface area contributed by atoms with E-state index in [4.69, 9.17) is 0 Å². The first-order valence-electron chi connectivity index (χ1n) is 6.33. The zero-order valence-corrected chi connectivity index (χ0v) is 10.4. The van der Waals surface area contributed by atoms with Gasteiger partial charge in [0, 0.05) is 6.04 Å². The molecule has 0 aromatic carbocycles. The van der Waals surface area contributed by atoms with Crippen molar-refractivity contribution in [1.29, 1.82) is 0 Å². The van der Waals surface area contributed by atoms with Crippen molar-refractivity contribution in [2.45, 2.75) is 59.4 Å². The van der Waals surface area contributed by atoms with Crippen molar-refractivity contribution in [2.24, 2.45) is 11.8 Å². The lowest BCUT2D eigenvalue weighted by molar-refractivity contribution is 0.226. The predicted octanol–water partition coefficient (Wildman–Crippen LogP) is 3.54. The van der Waals surface area contributed by atoms with Gasteiger partial charge in [-0.2, -0.15) is 0 Å². The molecular weight excluding hydrogens is 170 g/mol. The first-order chi connectivity index (χ1) is 6.59. The molecule has 1 fully saturated rings. The second-order valence-electron chi connectivity index (χ2n) is 5.56. The van der Waals surface area contributed by atoms with Crippen molar-refractivity contribution in [3.63, 3.8) is 0 Å². The van der Waals surface area contributed by atoms with Gasteiger partial charge in [-0.3, -0.25) is 0 Å². The van der Waals surface area contributed by atoms with E-state index in [2.05, 4.69) is 32.6 Å². The maximum absolute atomic E-state index is 2.64. The average Bonchev–Trinajstić information content (AvgIpc) is 2.28. The first-order valence-corrected chi connectivity index (χ1v) is 6.33. The van der Waals surface area contributed by atoms with Crippen LogP contribution < -0.4 is 0 Å². The van der Waals surface area contributed by atoms with E-state index in [-0.39, 0.29) is 0 Å². The van der Waals surface area contributed by atoms with Crippen LogP contribution in [0, 0.1) is 11.8 Å². The second kappa shape index (κ2) is 5.75. The number of nitrogens with zero attached hydrogens (tertiary/aromatic N) is 1. The fourth-order valence-electron chi connectivity index (χ4n) is 2.61. The molecule has 0 amide bonds. The van der Waals surface area contributed by atoms with Crippen LogP contribution in [-0.4, -0.2) is 24.0 Å². The zero-order chi connectivity index (χ0) is 10.6. The Bertz CT molecular complexity index is 151. The van der Waals surface area contributed by atoms with Crippen molar-refractivity contribution < 1.29 is 0 Å². The fraction of sp³-hybridized carbons (Fsp3) is 1.00. The molecule has 1 atom stereocenters. The Hall–Kier alpha value is -0.0400. The van der Waals surface area contributed by atoms with Gasteiger partial charge in [0.05, 0.1) is 0 Å². The maximum Gasteiger partial charge on any atom is 0.00385 e. The van der Waals surface area contributed by atoms with Crippen LogP contribution in [0.5, 0.6) is 0 Å². The molecule has 14 heavy (non-hydrogen) atoms. The summed E-state index contributed by atoms with van der Waals surface area (Å²) in [5, 5.41) is 0. The standard InChI is InChI=1S/C13H27N/c1-11(2)10-13-6-5-8-14(9-7-13)12(3)4/h11-13H,5-10H2,1-4H3. The maximum atomic E-state index is 2.64. The van der Waals surface area contributed by atoms with E-state index in [1.165, 1.54) is 38.8 Å². The molecule has 1 nitrogen and oxygen atoms in total. The monoisotopic (exact) mass is 197 g/mol. The van der Waals surface area contributed by atoms with Crippen LogP contribution in [0.1, 0.15) is 53.4 Å². The summed E-state index contributed by atoms with van der Waals surface area (Å²) in [6.07, 6.45) is 5.74. The zero-order valence-electron chi connectivity index (χ0n) is 10.4. The van der Waals surface area contributed by atoms with Crippen molar-refractivity contribution in [3.8, 4) is 0 Å². The Morgan fingerprint density at radius 2 is 1.79 bits per heavy atom. The van der Waals surface area contributed by atoms with Crippen LogP contribution in [0.15, 0.2) is 0 Å². The molecule has 1 unspecified atom stereocenters. The van der Waals surface area contributed by atoms with Crippen LogP contribution in [0.25, 0.3) is 0 Å². The van der Waals surface area contributed by atoms with Gasteiger partial charge >= 0.3 is 0 Å². The van der Waals surface area contributed by atoms with Gasteiger partial charge in [0.2, 0.25) is 0 Å². The van der Waals surface area contributed by atoms with Gasteiger partial charge in [-0.25, -0.2) is 0 Å². The Morgan fingerprint density at radius 1 is 1.07 bits per heavy atom. The highest BCUT2D eigenvalue weighted by Gasteiger charge is 2.18. The second-order valence-corrected chi connectivity index (χ2v) is 5.56. The van der Waals surface area contributed by atoms with Crippen molar-refractivity contribution in [1.82, 2.24) is 4.90 Å². The summed E-state index contributed by atoms with van der Waals surface area (Å²) >= 11 is 0. The molecule has 1 heterocycles. The Labute approximate surface area is 89.9 Å². The van der Waals surface area contributed by atoms with Crippen molar-refractivity contribution in [2.75, 3.05) is 13.1 Å². The number of hydrogen-bond donors (Lipinski definition) is 0. The molecule has 1 aliphatic heterocycles. The van der Waals surface area contributed by atoms with Crippen LogP contribution in [0.2, 0.25) is 0 Å². The largest absolute Gasteiger partial charge is 0.301 e. The Morgan fingerprint density at radius 3 is 2.36 bits per heavy atom. The summed E-state index contributed by atoms with van der Waals surface area (Å²) in [7, 11) is 0. The van der Waals surface area contributed by atoms with E-state index in [9.17, 15) is 0 Å². The van der Waals surface area contributed by atoms with Crippen molar-refractivity contribution in [3.05, 3.63) is 0 Å². The molecule has 0 aromatic heterocycles. The molecule has 0 radical (unpaired) electrons. The molecule has 84 valence electrons. The van der Waals surface area contributed by atoms with Gasteiger partial charge < -0.3 is 4.90 Å². The number of hydrogen-bond acceptors (Lipinski definition) is 1. The molecule has 0 aromatic rings. The lowest BCUT2D eigenvalue weighted by Crippen LogP contribution is -2.31.